The molecule has 7 nitrogen and oxygen atoms in total. The van der Waals surface area contributed by atoms with Crippen molar-refractivity contribution in [3.63, 3.8) is 0 Å². The summed E-state index contributed by atoms with van der Waals surface area (Å²) in [4.78, 5) is 24.8. The molecule has 2 aromatic heterocycles. The Bertz CT molecular complexity index is 1100. The average Bonchev–Trinajstić information content (AvgIpc) is 3.19. The third kappa shape index (κ3) is 3.13. The molecule has 1 amide bonds. The van der Waals surface area contributed by atoms with E-state index >= 15 is 0 Å². The highest BCUT2D eigenvalue weighted by Gasteiger charge is 2.24. The summed E-state index contributed by atoms with van der Waals surface area (Å²) in [5, 5.41) is 13.5. The molecule has 3 heterocycles. The third-order valence-corrected chi connectivity index (χ3v) is 5.01. The lowest BCUT2D eigenvalue weighted by Crippen LogP contribution is -2.26. The Morgan fingerprint density at radius 1 is 1.19 bits per heavy atom. The van der Waals surface area contributed by atoms with E-state index in [4.69, 9.17) is 27.6 Å². The molecule has 0 spiro atoms. The zero-order chi connectivity index (χ0) is 19.1. The summed E-state index contributed by atoms with van der Waals surface area (Å²) in [5.41, 5.74) is 1.05. The predicted molar refractivity (Wildman–Crippen MR) is 101 cm³/mol. The Hall–Kier alpha value is -2.64. The lowest BCUT2D eigenvalue weighted by atomic mass is 10.1. The van der Waals surface area contributed by atoms with Crippen LogP contribution in [0.2, 0.25) is 10.2 Å². The SMILES string of the molecule is O=C(Nc1ccc(-n2c(O)c3n(c2=O)CCCC3)c(Cl)c1)c1ccc(Cl)o1. The zero-order valence-corrected chi connectivity index (χ0v) is 15.5. The number of benzene rings is 1. The van der Waals surface area contributed by atoms with Crippen molar-refractivity contribution in [1.82, 2.24) is 9.13 Å². The molecule has 1 aliphatic heterocycles. The van der Waals surface area contributed by atoms with E-state index in [0.717, 1.165) is 12.8 Å². The van der Waals surface area contributed by atoms with Gasteiger partial charge in [-0.1, -0.05) is 11.6 Å². The Kier molecular flexibility index (Phi) is 4.49. The number of rotatable bonds is 3. The normalized spacial score (nSPS) is 13.4. The maximum absolute atomic E-state index is 12.6. The van der Waals surface area contributed by atoms with Gasteiger partial charge in [-0.25, -0.2) is 9.36 Å². The number of aromatic nitrogens is 2. The summed E-state index contributed by atoms with van der Waals surface area (Å²) in [6, 6.07) is 7.59. The van der Waals surface area contributed by atoms with Crippen LogP contribution in [0.5, 0.6) is 5.88 Å². The van der Waals surface area contributed by atoms with Crippen molar-refractivity contribution in [3.8, 4) is 11.6 Å². The molecule has 0 aliphatic carbocycles. The molecule has 1 aliphatic rings. The fourth-order valence-corrected chi connectivity index (χ4v) is 3.64. The molecule has 27 heavy (non-hydrogen) atoms. The van der Waals surface area contributed by atoms with E-state index in [1.807, 2.05) is 0 Å². The Morgan fingerprint density at radius 3 is 2.67 bits per heavy atom. The molecule has 0 unspecified atom stereocenters. The molecule has 1 aromatic carbocycles. The molecular formula is C18H15Cl2N3O4. The van der Waals surface area contributed by atoms with Gasteiger partial charge < -0.3 is 14.8 Å². The summed E-state index contributed by atoms with van der Waals surface area (Å²) >= 11 is 12.0. The Labute approximate surface area is 163 Å². The van der Waals surface area contributed by atoms with Gasteiger partial charge in [0.05, 0.1) is 16.4 Å². The van der Waals surface area contributed by atoms with Gasteiger partial charge in [-0.05, 0) is 61.2 Å². The molecule has 140 valence electrons. The van der Waals surface area contributed by atoms with Crippen LogP contribution < -0.4 is 11.0 Å². The molecule has 3 aromatic rings. The topological polar surface area (TPSA) is 89.4 Å². The van der Waals surface area contributed by atoms with Gasteiger partial charge in [-0.2, -0.15) is 0 Å². The highest BCUT2D eigenvalue weighted by atomic mass is 35.5. The minimum atomic E-state index is -0.481. The van der Waals surface area contributed by atoms with Gasteiger partial charge in [0, 0.05) is 12.2 Å². The molecule has 4 rings (SSSR count). The van der Waals surface area contributed by atoms with E-state index in [2.05, 4.69) is 5.32 Å². The predicted octanol–water partition coefficient (Wildman–Crippen LogP) is 3.83. The molecular weight excluding hydrogens is 393 g/mol. The summed E-state index contributed by atoms with van der Waals surface area (Å²) in [6.45, 7) is 0.576. The minimum Gasteiger partial charge on any atom is -0.493 e. The summed E-state index contributed by atoms with van der Waals surface area (Å²) in [6.07, 6.45) is 2.46. The van der Waals surface area contributed by atoms with E-state index in [1.54, 1.807) is 16.7 Å². The molecule has 0 bridgehead atoms. The second-order valence-corrected chi connectivity index (χ2v) is 7.00. The van der Waals surface area contributed by atoms with E-state index in [-0.39, 0.29) is 27.6 Å². The van der Waals surface area contributed by atoms with E-state index in [9.17, 15) is 14.7 Å². The van der Waals surface area contributed by atoms with Crippen molar-refractivity contribution >= 4 is 34.8 Å². The van der Waals surface area contributed by atoms with Crippen LogP contribution >= 0.6 is 23.2 Å². The van der Waals surface area contributed by atoms with Crippen LogP contribution in [0.15, 0.2) is 39.5 Å². The summed E-state index contributed by atoms with van der Waals surface area (Å²) in [5.74, 6) is -0.511. The van der Waals surface area contributed by atoms with Crippen LogP contribution in [0.3, 0.4) is 0 Å². The summed E-state index contributed by atoms with van der Waals surface area (Å²) in [7, 11) is 0. The van der Waals surface area contributed by atoms with Crippen molar-refractivity contribution in [1.29, 1.82) is 0 Å². The Morgan fingerprint density at radius 2 is 2.00 bits per heavy atom. The minimum absolute atomic E-state index is 0.0640. The Balaban J connectivity index is 1.66. The van der Waals surface area contributed by atoms with Gasteiger partial charge in [0.2, 0.25) is 5.88 Å². The smallest absolute Gasteiger partial charge is 0.335 e. The molecule has 0 fully saturated rings. The number of furan rings is 1. The number of aromatic hydroxyl groups is 1. The molecule has 0 saturated heterocycles. The maximum atomic E-state index is 12.6. The van der Waals surface area contributed by atoms with Crippen molar-refractivity contribution in [2.24, 2.45) is 0 Å². The van der Waals surface area contributed by atoms with Gasteiger partial charge in [-0.3, -0.25) is 9.36 Å². The number of halogens is 2. The van der Waals surface area contributed by atoms with Crippen LogP contribution in [-0.4, -0.2) is 20.1 Å². The number of amides is 1. The van der Waals surface area contributed by atoms with Crippen LogP contribution in [0.25, 0.3) is 5.69 Å². The largest absolute Gasteiger partial charge is 0.493 e. The lowest BCUT2D eigenvalue weighted by Gasteiger charge is -2.11. The molecule has 2 N–H and O–H groups in total. The fraction of sp³-hybridized carbons (Fsp3) is 0.222. The van der Waals surface area contributed by atoms with Gasteiger partial charge in [0.1, 0.15) is 0 Å². The van der Waals surface area contributed by atoms with Crippen LogP contribution in [-0.2, 0) is 13.0 Å². The first-order chi connectivity index (χ1) is 13.0. The number of imidazole rings is 1. The quantitative estimate of drug-likeness (QED) is 0.690. The van der Waals surface area contributed by atoms with Gasteiger partial charge in [0.15, 0.2) is 11.0 Å². The fourth-order valence-electron chi connectivity index (χ4n) is 3.23. The van der Waals surface area contributed by atoms with E-state index in [0.29, 0.717) is 30.0 Å². The average molecular weight is 408 g/mol. The number of hydrogen-bond acceptors (Lipinski definition) is 4. The number of fused-ring (bicyclic) bond motifs is 1. The molecule has 0 atom stereocenters. The third-order valence-electron chi connectivity index (χ3n) is 4.51. The molecule has 0 radical (unpaired) electrons. The highest BCUT2D eigenvalue weighted by molar-refractivity contribution is 6.32. The lowest BCUT2D eigenvalue weighted by molar-refractivity contribution is 0.0997. The first kappa shape index (κ1) is 17.8. The number of nitrogens with one attached hydrogen (secondary N) is 1. The number of carbonyl (C=O) groups excluding carboxylic acids is 1. The molecule has 9 heteroatoms. The van der Waals surface area contributed by atoms with Crippen molar-refractivity contribution in [3.05, 3.63) is 62.5 Å². The second kappa shape index (κ2) is 6.83. The number of anilines is 1. The number of nitrogens with zero attached hydrogens (tertiary/aromatic N) is 2. The number of hydrogen-bond donors (Lipinski definition) is 2. The standard InChI is InChI=1S/C18H15Cl2N3O4/c19-11-9-10(21-16(24)14-6-7-15(20)27-14)4-5-12(11)23-17(25)13-3-1-2-8-22(13)18(23)26/h4-7,9,25H,1-3,8H2,(H,21,24). The zero-order valence-electron chi connectivity index (χ0n) is 14.0. The van der Waals surface area contributed by atoms with Crippen molar-refractivity contribution in [2.45, 2.75) is 25.8 Å². The van der Waals surface area contributed by atoms with Gasteiger partial charge in [0.25, 0.3) is 5.91 Å². The first-order valence-electron chi connectivity index (χ1n) is 8.35. The first-order valence-corrected chi connectivity index (χ1v) is 9.11. The highest BCUT2D eigenvalue weighted by Crippen LogP contribution is 2.30. The van der Waals surface area contributed by atoms with E-state index < -0.39 is 5.91 Å². The molecule has 0 saturated carbocycles. The van der Waals surface area contributed by atoms with Crippen molar-refractivity contribution in [2.75, 3.05) is 5.32 Å². The second-order valence-electron chi connectivity index (χ2n) is 6.22. The summed E-state index contributed by atoms with van der Waals surface area (Å²) < 4.78 is 7.83. The van der Waals surface area contributed by atoms with Crippen LogP contribution in [0, 0.1) is 0 Å². The number of carbonyl (C=O) groups is 1. The van der Waals surface area contributed by atoms with Crippen LogP contribution in [0.1, 0.15) is 29.1 Å². The van der Waals surface area contributed by atoms with Gasteiger partial charge >= 0.3 is 5.69 Å². The van der Waals surface area contributed by atoms with Gasteiger partial charge in [-0.15, -0.1) is 0 Å². The van der Waals surface area contributed by atoms with Crippen LogP contribution in [0.4, 0.5) is 5.69 Å². The monoisotopic (exact) mass is 407 g/mol. The maximum Gasteiger partial charge on any atom is 0.335 e. The van der Waals surface area contributed by atoms with E-state index in [1.165, 1.54) is 22.8 Å². The van der Waals surface area contributed by atoms with Crippen molar-refractivity contribution < 1.29 is 14.3 Å².